The molecule has 0 spiro atoms. The van der Waals surface area contributed by atoms with Crippen LogP contribution in [0.4, 0.5) is 0 Å². The number of nitrogens with zero attached hydrogens (tertiary/aromatic N) is 1. The van der Waals surface area contributed by atoms with E-state index >= 15 is 0 Å². The Kier molecular flexibility index (Phi) is 4.09. The van der Waals surface area contributed by atoms with Crippen LogP contribution in [0.2, 0.25) is 0 Å². The number of carbonyl (C=O) groups excluding carboxylic acids is 1. The van der Waals surface area contributed by atoms with Crippen molar-refractivity contribution in [3.63, 3.8) is 0 Å². The highest BCUT2D eigenvalue weighted by Crippen LogP contribution is 2.15. The van der Waals surface area contributed by atoms with Gasteiger partial charge in [0, 0.05) is 6.20 Å². The lowest BCUT2D eigenvalue weighted by Crippen LogP contribution is -2.13. The zero-order chi connectivity index (χ0) is 11.3. The predicted molar refractivity (Wildman–Crippen MR) is 55.6 cm³/mol. The average molecular weight is 208 g/mol. The van der Waals surface area contributed by atoms with Gasteiger partial charge in [0.15, 0.2) is 0 Å². The summed E-state index contributed by atoms with van der Waals surface area (Å²) < 4.78 is 10.2. The van der Waals surface area contributed by atoms with Crippen LogP contribution in [-0.4, -0.2) is 23.7 Å². The highest BCUT2D eigenvalue weighted by Gasteiger charge is 2.15. The van der Waals surface area contributed by atoms with Crippen molar-refractivity contribution >= 4 is 5.97 Å². The van der Waals surface area contributed by atoms with E-state index in [1.54, 1.807) is 25.3 Å². The van der Waals surface area contributed by atoms with Crippen molar-refractivity contribution in [2.24, 2.45) is 0 Å². The summed E-state index contributed by atoms with van der Waals surface area (Å²) in [5.74, 6) is -0.167. The van der Waals surface area contributed by atoms with E-state index in [4.69, 9.17) is 9.47 Å². The maximum absolute atomic E-state index is 11.6. The number of aromatic nitrogens is 1. The van der Waals surface area contributed by atoms with E-state index in [0.717, 1.165) is 0 Å². The quantitative estimate of drug-likeness (QED) is 0.708. The highest BCUT2D eigenvalue weighted by molar-refractivity contribution is 5.91. The lowest BCUT2D eigenvalue weighted by Gasteiger charge is -2.10. The van der Waals surface area contributed by atoms with E-state index in [9.17, 15) is 4.79 Å². The van der Waals surface area contributed by atoms with Gasteiger partial charge in [-0.3, -0.25) is 0 Å². The summed E-state index contributed by atoms with van der Waals surface area (Å²) in [6.07, 6.45) is 1.17. The Morgan fingerprint density at radius 2 is 2.40 bits per heavy atom. The fourth-order valence-corrected chi connectivity index (χ4v) is 1.04. The van der Waals surface area contributed by atoms with Crippen molar-refractivity contribution in [1.29, 1.82) is 0 Å². The molecule has 0 saturated carbocycles. The Balaban J connectivity index is 2.87. The molecule has 1 rings (SSSR count). The zero-order valence-corrected chi connectivity index (χ0v) is 8.90. The summed E-state index contributed by atoms with van der Waals surface area (Å²) in [7, 11) is 0. The number of ether oxygens (including phenoxy) is 2. The summed E-state index contributed by atoms with van der Waals surface area (Å²) in [6.45, 7) is 7.55. The van der Waals surface area contributed by atoms with E-state index in [1.165, 1.54) is 0 Å². The van der Waals surface area contributed by atoms with Crippen molar-refractivity contribution < 1.29 is 14.3 Å². The number of pyridine rings is 1. The van der Waals surface area contributed by atoms with Gasteiger partial charge < -0.3 is 9.47 Å². The van der Waals surface area contributed by atoms with Gasteiger partial charge in [-0.2, -0.15) is 0 Å². The van der Waals surface area contributed by atoms with Crippen molar-refractivity contribution in [2.45, 2.75) is 20.0 Å². The van der Waals surface area contributed by atoms with Gasteiger partial charge in [-0.15, -0.1) is 0 Å². The Morgan fingerprint density at radius 3 is 3.00 bits per heavy atom. The van der Waals surface area contributed by atoms with Gasteiger partial charge in [-0.25, -0.2) is 9.78 Å². The molecule has 0 aliphatic heterocycles. The molecule has 1 atom stereocenters. The Morgan fingerprint density at radius 1 is 1.67 bits per heavy atom. The highest BCUT2D eigenvalue weighted by atomic mass is 16.5. The van der Waals surface area contributed by atoms with Gasteiger partial charge in [0.1, 0.15) is 5.56 Å². The zero-order valence-electron chi connectivity index (χ0n) is 8.90. The normalized spacial score (nSPS) is 10.1. The van der Waals surface area contributed by atoms with Gasteiger partial charge in [0.25, 0.3) is 0 Å². The SMILES string of the molecule is [CH2][C@H](C)OC(=O)c1cccnc1OCC. The van der Waals surface area contributed by atoms with E-state index in [-0.39, 0.29) is 0 Å². The second-order valence-corrected chi connectivity index (χ2v) is 3.01. The number of esters is 1. The van der Waals surface area contributed by atoms with Crippen LogP contribution in [0.25, 0.3) is 0 Å². The van der Waals surface area contributed by atoms with Gasteiger partial charge in [0.05, 0.1) is 12.7 Å². The third kappa shape index (κ3) is 3.23. The third-order valence-electron chi connectivity index (χ3n) is 1.58. The maximum atomic E-state index is 11.6. The molecule has 15 heavy (non-hydrogen) atoms. The largest absolute Gasteiger partial charge is 0.477 e. The molecule has 0 amide bonds. The fourth-order valence-electron chi connectivity index (χ4n) is 1.04. The minimum atomic E-state index is -0.464. The van der Waals surface area contributed by atoms with Crippen LogP contribution in [-0.2, 0) is 4.74 Å². The van der Waals surface area contributed by atoms with Crippen LogP contribution in [0, 0.1) is 6.92 Å². The molecule has 81 valence electrons. The molecule has 0 N–H and O–H groups in total. The molecule has 1 aromatic heterocycles. The molecule has 1 heterocycles. The monoisotopic (exact) mass is 208 g/mol. The molecule has 1 radical (unpaired) electrons. The summed E-state index contributed by atoms with van der Waals surface area (Å²) in [4.78, 5) is 15.5. The molecule has 4 nitrogen and oxygen atoms in total. The van der Waals surface area contributed by atoms with Gasteiger partial charge in [-0.05, 0) is 32.9 Å². The first-order valence-electron chi connectivity index (χ1n) is 4.77. The van der Waals surface area contributed by atoms with Gasteiger partial charge >= 0.3 is 5.97 Å². The number of rotatable bonds is 4. The van der Waals surface area contributed by atoms with Crippen molar-refractivity contribution in [2.75, 3.05) is 6.61 Å². The van der Waals surface area contributed by atoms with Crippen molar-refractivity contribution in [3.05, 3.63) is 30.8 Å². The molecule has 0 unspecified atom stereocenters. The summed E-state index contributed by atoms with van der Waals surface area (Å²) in [5.41, 5.74) is 0.329. The maximum Gasteiger partial charge on any atom is 0.343 e. The number of hydrogen-bond donors (Lipinski definition) is 0. The van der Waals surface area contributed by atoms with Crippen LogP contribution < -0.4 is 4.74 Å². The lowest BCUT2D eigenvalue weighted by molar-refractivity contribution is 0.0415. The first-order valence-corrected chi connectivity index (χ1v) is 4.77. The first-order chi connectivity index (χ1) is 7.15. The van der Waals surface area contributed by atoms with Crippen molar-refractivity contribution in [3.8, 4) is 5.88 Å². The second-order valence-electron chi connectivity index (χ2n) is 3.01. The molecule has 0 aromatic carbocycles. The van der Waals surface area contributed by atoms with Crippen LogP contribution in [0.1, 0.15) is 24.2 Å². The summed E-state index contributed by atoms with van der Waals surface area (Å²) in [6, 6.07) is 3.27. The molecule has 0 aliphatic rings. The molecule has 4 heteroatoms. The summed E-state index contributed by atoms with van der Waals surface area (Å²) >= 11 is 0. The Hall–Kier alpha value is -1.58. The van der Waals surface area contributed by atoms with Gasteiger partial charge in [0.2, 0.25) is 5.88 Å². The molecular formula is C11H14NO3. The Bertz CT molecular complexity index is 336. The van der Waals surface area contributed by atoms with Crippen LogP contribution in [0.3, 0.4) is 0 Å². The standard InChI is InChI=1S/C11H14NO3/c1-4-14-10-9(6-5-7-12-10)11(13)15-8(2)3/h5-8H,2,4H2,1,3H3/t8-/m1/s1. The molecule has 1 aromatic rings. The smallest absolute Gasteiger partial charge is 0.343 e. The molecule has 0 saturated heterocycles. The molecule has 0 bridgehead atoms. The molecule has 0 fully saturated rings. The summed E-state index contributed by atoms with van der Waals surface area (Å²) in [5, 5.41) is 0. The Labute approximate surface area is 89.2 Å². The van der Waals surface area contributed by atoms with Gasteiger partial charge in [-0.1, -0.05) is 0 Å². The average Bonchev–Trinajstić information content (AvgIpc) is 2.18. The lowest BCUT2D eigenvalue weighted by atomic mass is 10.3. The number of hydrogen-bond acceptors (Lipinski definition) is 4. The predicted octanol–water partition coefficient (Wildman–Crippen LogP) is 1.86. The minimum absolute atomic E-state index is 0.297. The second kappa shape index (κ2) is 5.34. The third-order valence-corrected chi connectivity index (χ3v) is 1.58. The first kappa shape index (κ1) is 11.5. The van der Waals surface area contributed by atoms with E-state index in [0.29, 0.717) is 18.1 Å². The van der Waals surface area contributed by atoms with E-state index in [2.05, 4.69) is 11.9 Å². The molecular weight excluding hydrogens is 194 g/mol. The fraction of sp³-hybridized carbons (Fsp3) is 0.364. The van der Waals surface area contributed by atoms with E-state index < -0.39 is 12.1 Å². The van der Waals surface area contributed by atoms with Crippen LogP contribution in [0.15, 0.2) is 18.3 Å². The van der Waals surface area contributed by atoms with Crippen molar-refractivity contribution in [1.82, 2.24) is 4.98 Å². The minimum Gasteiger partial charge on any atom is -0.477 e. The van der Waals surface area contributed by atoms with E-state index in [1.807, 2.05) is 6.92 Å². The van der Waals surface area contributed by atoms with Crippen LogP contribution >= 0.6 is 0 Å². The topological polar surface area (TPSA) is 48.4 Å². The number of carbonyl (C=O) groups is 1. The molecule has 0 aliphatic carbocycles. The van der Waals surface area contributed by atoms with Crippen LogP contribution in [0.5, 0.6) is 5.88 Å².